The van der Waals surface area contributed by atoms with Gasteiger partial charge in [-0.3, -0.25) is 14.6 Å². The van der Waals surface area contributed by atoms with E-state index in [1.807, 2.05) is 41.8 Å². The molecule has 0 saturated carbocycles. The zero-order chi connectivity index (χ0) is 20.1. The summed E-state index contributed by atoms with van der Waals surface area (Å²) in [7, 11) is 0. The highest BCUT2D eigenvalue weighted by atomic mass is 32.1. The summed E-state index contributed by atoms with van der Waals surface area (Å²) in [6, 6.07) is 16.5. The number of benzene rings is 1. The summed E-state index contributed by atoms with van der Waals surface area (Å²) < 4.78 is 1.15. The van der Waals surface area contributed by atoms with Crippen LogP contribution in [0.25, 0.3) is 21.8 Å². The van der Waals surface area contributed by atoms with E-state index in [4.69, 9.17) is 0 Å². The fraction of sp³-hybridized carbons (Fsp3) is 0.0952. The molecule has 0 spiro atoms. The third-order valence-corrected chi connectivity index (χ3v) is 5.10. The molecule has 1 aromatic carbocycles. The van der Waals surface area contributed by atoms with Gasteiger partial charge >= 0.3 is 0 Å². The zero-order valence-corrected chi connectivity index (χ0v) is 16.2. The van der Waals surface area contributed by atoms with Crippen molar-refractivity contribution >= 4 is 17.2 Å². The molecular formula is C21H17N5O2S. The molecule has 0 aliphatic rings. The van der Waals surface area contributed by atoms with Crippen LogP contribution in [-0.2, 0) is 17.9 Å². The van der Waals surface area contributed by atoms with Gasteiger partial charge in [0.2, 0.25) is 5.91 Å². The van der Waals surface area contributed by atoms with Crippen molar-refractivity contribution in [3.05, 3.63) is 88.4 Å². The maximum atomic E-state index is 12.3. The van der Waals surface area contributed by atoms with Crippen LogP contribution < -0.4 is 10.9 Å². The SMILES string of the molecule is O=C(Cn1nc(-c2cccnc2)ccc1=O)NCc1csc(-c2ccccc2)n1. The lowest BCUT2D eigenvalue weighted by Crippen LogP contribution is -2.33. The molecule has 8 heteroatoms. The Morgan fingerprint density at radius 1 is 1.03 bits per heavy atom. The largest absolute Gasteiger partial charge is 0.349 e. The van der Waals surface area contributed by atoms with Gasteiger partial charge in [0, 0.05) is 35.0 Å². The fourth-order valence-electron chi connectivity index (χ4n) is 2.71. The van der Waals surface area contributed by atoms with E-state index in [0.717, 1.165) is 26.5 Å². The van der Waals surface area contributed by atoms with Crippen LogP contribution in [0.5, 0.6) is 0 Å². The lowest BCUT2D eigenvalue weighted by atomic mass is 10.2. The summed E-state index contributed by atoms with van der Waals surface area (Å²) in [6.45, 7) is 0.127. The minimum absolute atomic E-state index is 0.164. The monoisotopic (exact) mass is 403 g/mol. The van der Waals surface area contributed by atoms with Crippen LogP contribution in [-0.4, -0.2) is 25.7 Å². The van der Waals surface area contributed by atoms with Gasteiger partial charge in [-0.05, 0) is 18.2 Å². The van der Waals surface area contributed by atoms with Gasteiger partial charge in [-0.2, -0.15) is 5.10 Å². The Morgan fingerprint density at radius 3 is 2.66 bits per heavy atom. The molecular weight excluding hydrogens is 386 g/mol. The van der Waals surface area contributed by atoms with Gasteiger partial charge in [-0.25, -0.2) is 9.67 Å². The van der Waals surface area contributed by atoms with E-state index < -0.39 is 0 Å². The first-order chi connectivity index (χ1) is 14.2. The minimum atomic E-state index is -0.340. The van der Waals surface area contributed by atoms with Gasteiger partial charge < -0.3 is 5.32 Å². The topological polar surface area (TPSA) is 89.8 Å². The Bertz CT molecular complexity index is 1170. The number of nitrogens with zero attached hydrogens (tertiary/aromatic N) is 4. The smallest absolute Gasteiger partial charge is 0.267 e. The molecule has 0 saturated heterocycles. The molecule has 1 amide bonds. The maximum Gasteiger partial charge on any atom is 0.267 e. The van der Waals surface area contributed by atoms with Crippen LogP contribution in [0.4, 0.5) is 0 Å². The van der Waals surface area contributed by atoms with E-state index in [-0.39, 0.29) is 18.0 Å². The molecule has 3 heterocycles. The van der Waals surface area contributed by atoms with Crippen LogP contribution in [0.15, 0.2) is 77.2 Å². The van der Waals surface area contributed by atoms with Crippen molar-refractivity contribution in [2.24, 2.45) is 0 Å². The number of carbonyl (C=O) groups excluding carboxylic acids is 1. The second-order valence-corrected chi connectivity index (χ2v) is 7.10. The van der Waals surface area contributed by atoms with E-state index in [9.17, 15) is 9.59 Å². The van der Waals surface area contributed by atoms with E-state index in [1.54, 1.807) is 24.5 Å². The van der Waals surface area contributed by atoms with Crippen LogP contribution in [0.3, 0.4) is 0 Å². The number of thiazole rings is 1. The maximum absolute atomic E-state index is 12.3. The molecule has 0 unspecified atom stereocenters. The van der Waals surface area contributed by atoms with Gasteiger partial charge in [0.25, 0.3) is 5.56 Å². The summed E-state index contributed by atoms with van der Waals surface area (Å²) >= 11 is 1.52. The Morgan fingerprint density at radius 2 is 1.86 bits per heavy atom. The highest BCUT2D eigenvalue weighted by Crippen LogP contribution is 2.23. The van der Waals surface area contributed by atoms with Crippen molar-refractivity contribution in [3.8, 4) is 21.8 Å². The normalized spacial score (nSPS) is 10.6. The number of rotatable bonds is 6. The second-order valence-electron chi connectivity index (χ2n) is 6.24. The van der Waals surface area contributed by atoms with E-state index in [0.29, 0.717) is 12.2 Å². The molecule has 0 fully saturated rings. The van der Waals surface area contributed by atoms with Crippen LogP contribution in [0.2, 0.25) is 0 Å². The summed E-state index contributed by atoms with van der Waals surface area (Å²) in [5, 5.41) is 9.88. The van der Waals surface area contributed by atoms with E-state index >= 15 is 0 Å². The summed E-state index contributed by atoms with van der Waals surface area (Å²) in [4.78, 5) is 33.0. The number of hydrogen-bond acceptors (Lipinski definition) is 6. The van der Waals surface area contributed by atoms with Crippen molar-refractivity contribution in [2.75, 3.05) is 0 Å². The lowest BCUT2D eigenvalue weighted by molar-refractivity contribution is -0.122. The molecule has 3 aromatic heterocycles. The molecule has 144 valence electrons. The first kappa shape index (κ1) is 18.7. The van der Waals surface area contributed by atoms with Crippen molar-refractivity contribution in [1.82, 2.24) is 25.1 Å². The number of aromatic nitrogens is 4. The molecule has 0 bridgehead atoms. The third-order valence-electron chi connectivity index (χ3n) is 4.16. The molecule has 4 rings (SSSR count). The summed E-state index contributed by atoms with van der Waals surface area (Å²) in [6.07, 6.45) is 3.32. The predicted molar refractivity (Wildman–Crippen MR) is 111 cm³/mol. The van der Waals surface area contributed by atoms with Gasteiger partial charge in [-0.1, -0.05) is 30.3 Å². The van der Waals surface area contributed by atoms with E-state index in [2.05, 4.69) is 20.4 Å². The molecule has 0 radical (unpaired) electrons. The number of carbonyl (C=O) groups is 1. The molecule has 4 aromatic rings. The highest BCUT2D eigenvalue weighted by Gasteiger charge is 2.10. The number of nitrogens with one attached hydrogen (secondary N) is 1. The van der Waals surface area contributed by atoms with Crippen molar-refractivity contribution in [2.45, 2.75) is 13.1 Å². The number of amides is 1. The van der Waals surface area contributed by atoms with Gasteiger partial charge in [0.05, 0.1) is 17.9 Å². The lowest BCUT2D eigenvalue weighted by Gasteiger charge is -2.07. The average molecular weight is 403 g/mol. The van der Waals surface area contributed by atoms with Crippen molar-refractivity contribution < 1.29 is 4.79 Å². The molecule has 0 aliphatic carbocycles. The van der Waals surface area contributed by atoms with Crippen LogP contribution in [0, 0.1) is 0 Å². The zero-order valence-electron chi connectivity index (χ0n) is 15.4. The van der Waals surface area contributed by atoms with Crippen molar-refractivity contribution in [1.29, 1.82) is 0 Å². The standard InChI is InChI=1S/C21H17N5O2S/c27-19(23-12-17-14-29-21(24-17)15-5-2-1-3-6-15)13-26-20(28)9-8-18(25-26)16-7-4-10-22-11-16/h1-11,14H,12-13H2,(H,23,27). The fourth-order valence-corrected chi connectivity index (χ4v) is 3.54. The number of pyridine rings is 1. The Labute approximate surface area is 170 Å². The van der Waals surface area contributed by atoms with Crippen molar-refractivity contribution in [3.63, 3.8) is 0 Å². The first-order valence-corrected chi connectivity index (χ1v) is 9.82. The molecule has 0 aliphatic heterocycles. The predicted octanol–water partition coefficient (Wildman–Crippen LogP) is 2.75. The summed E-state index contributed by atoms with van der Waals surface area (Å²) in [5.41, 5.74) is 2.83. The third kappa shape index (κ3) is 4.61. The Hall–Kier alpha value is -3.65. The first-order valence-electron chi connectivity index (χ1n) is 8.94. The Balaban J connectivity index is 1.40. The molecule has 1 N–H and O–H groups in total. The molecule has 0 atom stereocenters. The van der Waals surface area contributed by atoms with Gasteiger partial charge in [-0.15, -0.1) is 11.3 Å². The van der Waals surface area contributed by atoms with Gasteiger partial charge in [0.15, 0.2) is 0 Å². The summed E-state index contributed by atoms with van der Waals surface area (Å²) in [5.74, 6) is -0.308. The van der Waals surface area contributed by atoms with Crippen LogP contribution in [0.1, 0.15) is 5.69 Å². The highest BCUT2D eigenvalue weighted by molar-refractivity contribution is 7.13. The second kappa shape index (κ2) is 8.57. The van der Waals surface area contributed by atoms with E-state index in [1.165, 1.54) is 17.4 Å². The molecule has 7 nitrogen and oxygen atoms in total. The minimum Gasteiger partial charge on any atom is -0.349 e. The Kier molecular flexibility index (Phi) is 5.53. The quantitative estimate of drug-likeness (QED) is 0.535. The average Bonchev–Trinajstić information content (AvgIpc) is 3.24. The van der Waals surface area contributed by atoms with Crippen LogP contribution >= 0.6 is 11.3 Å². The molecule has 29 heavy (non-hydrogen) atoms. The van der Waals surface area contributed by atoms with Gasteiger partial charge in [0.1, 0.15) is 11.6 Å². The number of hydrogen-bond donors (Lipinski definition) is 1.